The number of rotatable bonds is 7. The van der Waals surface area contributed by atoms with Crippen molar-refractivity contribution in [3.05, 3.63) is 48.0 Å². The minimum atomic E-state index is -3.56. The predicted molar refractivity (Wildman–Crippen MR) is 129 cm³/mol. The molecule has 0 N–H and O–H groups in total. The molecule has 1 atom stereocenters. The molecule has 2 heterocycles. The second-order valence-corrected chi connectivity index (χ2v) is 11.7. The SMILES string of the molecule is CSc1cccc2sc(N(CC3CCCO3)C(=O)c3ccc(S(=O)(=O)N(C)C)cc3)nc12. The summed E-state index contributed by atoms with van der Waals surface area (Å²) in [5.41, 5.74) is 1.29. The van der Waals surface area contributed by atoms with Crippen molar-refractivity contribution in [2.24, 2.45) is 0 Å². The van der Waals surface area contributed by atoms with Crippen LogP contribution in [-0.2, 0) is 14.8 Å². The molecule has 1 aromatic heterocycles. The Morgan fingerprint density at radius 2 is 1.97 bits per heavy atom. The zero-order chi connectivity index (χ0) is 22.9. The number of hydrogen-bond donors (Lipinski definition) is 0. The molecule has 1 amide bonds. The number of amides is 1. The smallest absolute Gasteiger partial charge is 0.260 e. The molecule has 1 aliphatic rings. The molecule has 0 radical (unpaired) electrons. The first-order chi connectivity index (χ1) is 15.3. The summed E-state index contributed by atoms with van der Waals surface area (Å²) in [5, 5.41) is 0.618. The number of sulfonamides is 1. The number of carbonyl (C=O) groups excluding carboxylic acids is 1. The number of anilines is 1. The summed E-state index contributed by atoms with van der Waals surface area (Å²) in [7, 11) is -0.600. The Balaban J connectivity index is 1.70. The topological polar surface area (TPSA) is 79.8 Å². The van der Waals surface area contributed by atoms with Crippen LogP contribution in [0.25, 0.3) is 10.2 Å². The third kappa shape index (κ3) is 4.55. The van der Waals surface area contributed by atoms with E-state index in [0.29, 0.717) is 23.8 Å². The van der Waals surface area contributed by atoms with E-state index >= 15 is 0 Å². The van der Waals surface area contributed by atoms with Crippen molar-refractivity contribution in [2.45, 2.75) is 28.7 Å². The van der Waals surface area contributed by atoms with E-state index in [0.717, 1.165) is 32.3 Å². The molecular weight excluding hydrogens is 466 g/mol. The van der Waals surface area contributed by atoms with Gasteiger partial charge in [-0.25, -0.2) is 17.7 Å². The van der Waals surface area contributed by atoms with E-state index < -0.39 is 10.0 Å². The second kappa shape index (κ2) is 9.48. The highest BCUT2D eigenvalue weighted by Gasteiger charge is 2.28. The van der Waals surface area contributed by atoms with Crippen LogP contribution in [-0.4, -0.2) is 63.2 Å². The van der Waals surface area contributed by atoms with Gasteiger partial charge in [0.05, 0.1) is 27.8 Å². The Labute approximate surface area is 196 Å². The molecule has 170 valence electrons. The van der Waals surface area contributed by atoms with Crippen molar-refractivity contribution < 1.29 is 17.9 Å². The van der Waals surface area contributed by atoms with Crippen LogP contribution in [0.3, 0.4) is 0 Å². The molecule has 3 aromatic rings. The van der Waals surface area contributed by atoms with Crippen LogP contribution in [0.5, 0.6) is 0 Å². The zero-order valence-electron chi connectivity index (χ0n) is 18.1. The van der Waals surface area contributed by atoms with E-state index in [1.54, 1.807) is 28.8 Å². The largest absolute Gasteiger partial charge is 0.376 e. The number of nitrogens with zero attached hydrogens (tertiary/aromatic N) is 3. The lowest BCUT2D eigenvalue weighted by Gasteiger charge is -2.23. The molecule has 7 nitrogen and oxygen atoms in total. The lowest BCUT2D eigenvalue weighted by Crippen LogP contribution is -2.37. The molecule has 32 heavy (non-hydrogen) atoms. The van der Waals surface area contributed by atoms with E-state index in [9.17, 15) is 13.2 Å². The minimum absolute atomic E-state index is 0.0422. The third-order valence-corrected chi connectivity index (χ3v) is 9.00. The van der Waals surface area contributed by atoms with Crippen molar-refractivity contribution in [1.29, 1.82) is 0 Å². The molecule has 0 aliphatic carbocycles. The fourth-order valence-corrected chi connectivity index (χ4v) is 6.10. The van der Waals surface area contributed by atoms with Crippen molar-refractivity contribution in [1.82, 2.24) is 9.29 Å². The van der Waals surface area contributed by atoms with Crippen LogP contribution in [0.4, 0.5) is 5.13 Å². The lowest BCUT2D eigenvalue weighted by molar-refractivity contribution is 0.0917. The number of fused-ring (bicyclic) bond motifs is 1. The highest BCUT2D eigenvalue weighted by molar-refractivity contribution is 7.98. The van der Waals surface area contributed by atoms with Crippen molar-refractivity contribution in [2.75, 3.05) is 38.4 Å². The number of aromatic nitrogens is 1. The summed E-state index contributed by atoms with van der Waals surface area (Å²) in [6.45, 7) is 1.10. The van der Waals surface area contributed by atoms with Gasteiger partial charge in [0.15, 0.2) is 5.13 Å². The number of benzene rings is 2. The summed E-state index contributed by atoms with van der Waals surface area (Å²) in [5.74, 6) is -0.223. The Morgan fingerprint density at radius 3 is 2.59 bits per heavy atom. The summed E-state index contributed by atoms with van der Waals surface area (Å²) in [6, 6.07) is 12.1. The number of ether oxygens (including phenoxy) is 1. The van der Waals surface area contributed by atoms with E-state index in [1.807, 2.05) is 24.5 Å². The number of hydrogen-bond acceptors (Lipinski definition) is 7. The van der Waals surface area contributed by atoms with Crippen molar-refractivity contribution >= 4 is 54.4 Å². The van der Waals surface area contributed by atoms with Gasteiger partial charge in [0, 0.05) is 31.2 Å². The second-order valence-electron chi connectivity index (χ2n) is 7.67. The highest BCUT2D eigenvalue weighted by Crippen LogP contribution is 2.35. The molecule has 1 aliphatic heterocycles. The monoisotopic (exact) mass is 491 g/mol. The normalized spacial score (nSPS) is 16.7. The minimum Gasteiger partial charge on any atom is -0.376 e. The fraction of sp³-hybridized carbons (Fsp3) is 0.364. The Hall–Kier alpha value is -1.98. The van der Waals surface area contributed by atoms with Gasteiger partial charge in [0.2, 0.25) is 10.0 Å². The average molecular weight is 492 g/mol. The van der Waals surface area contributed by atoms with Gasteiger partial charge in [-0.1, -0.05) is 17.4 Å². The zero-order valence-corrected chi connectivity index (χ0v) is 20.6. The molecule has 2 aromatic carbocycles. The van der Waals surface area contributed by atoms with Gasteiger partial charge in [0.1, 0.15) is 0 Å². The summed E-state index contributed by atoms with van der Waals surface area (Å²) in [6.07, 6.45) is 3.83. The molecule has 1 unspecified atom stereocenters. The van der Waals surface area contributed by atoms with E-state index in [1.165, 1.54) is 37.6 Å². The van der Waals surface area contributed by atoms with Crippen molar-refractivity contribution in [3.8, 4) is 0 Å². The average Bonchev–Trinajstić information content (AvgIpc) is 3.46. The van der Waals surface area contributed by atoms with Crippen LogP contribution >= 0.6 is 23.1 Å². The van der Waals surface area contributed by atoms with E-state index in [-0.39, 0.29) is 16.9 Å². The molecule has 0 spiro atoms. The number of carbonyl (C=O) groups is 1. The van der Waals surface area contributed by atoms with Crippen LogP contribution in [0, 0.1) is 0 Å². The first-order valence-corrected chi connectivity index (χ1v) is 13.7. The van der Waals surface area contributed by atoms with E-state index in [4.69, 9.17) is 9.72 Å². The molecule has 0 bridgehead atoms. The summed E-state index contributed by atoms with van der Waals surface area (Å²) in [4.78, 5) is 21.2. The third-order valence-electron chi connectivity index (χ3n) is 5.36. The summed E-state index contributed by atoms with van der Waals surface area (Å²) >= 11 is 3.10. The fourth-order valence-electron chi connectivity index (χ4n) is 3.57. The van der Waals surface area contributed by atoms with E-state index in [2.05, 4.69) is 0 Å². The predicted octanol–water partition coefficient (Wildman–Crippen LogP) is 4.09. The van der Waals surface area contributed by atoms with Gasteiger partial charge >= 0.3 is 0 Å². The number of thiazole rings is 1. The van der Waals surface area contributed by atoms with Crippen LogP contribution in [0.15, 0.2) is 52.3 Å². The van der Waals surface area contributed by atoms with Crippen LogP contribution in [0.2, 0.25) is 0 Å². The number of thioether (sulfide) groups is 1. The molecule has 1 saturated heterocycles. The van der Waals surface area contributed by atoms with Gasteiger partial charge in [0.25, 0.3) is 5.91 Å². The molecule has 4 rings (SSSR count). The molecule has 0 saturated carbocycles. The highest BCUT2D eigenvalue weighted by atomic mass is 32.2. The van der Waals surface area contributed by atoms with Crippen LogP contribution in [0.1, 0.15) is 23.2 Å². The maximum Gasteiger partial charge on any atom is 0.260 e. The quantitative estimate of drug-likeness (QED) is 0.463. The molecule has 1 fully saturated rings. The van der Waals surface area contributed by atoms with Gasteiger partial charge in [-0.2, -0.15) is 0 Å². The lowest BCUT2D eigenvalue weighted by atomic mass is 10.2. The molecule has 10 heteroatoms. The maximum absolute atomic E-state index is 13.5. The Kier molecular flexibility index (Phi) is 6.87. The summed E-state index contributed by atoms with van der Waals surface area (Å²) < 4.78 is 32.7. The van der Waals surface area contributed by atoms with Crippen LogP contribution < -0.4 is 4.90 Å². The van der Waals surface area contributed by atoms with Gasteiger partial charge in [-0.15, -0.1) is 11.8 Å². The first-order valence-electron chi connectivity index (χ1n) is 10.2. The first kappa shape index (κ1) is 23.2. The number of para-hydroxylation sites is 1. The Bertz CT molecular complexity index is 1220. The maximum atomic E-state index is 13.5. The van der Waals surface area contributed by atoms with Gasteiger partial charge < -0.3 is 4.74 Å². The van der Waals surface area contributed by atoms with Crippen molar-refractivity contribution in [3.63, 3.8) is 0 Å². The molecular formula is C22H25N3O4S3. The Morgan fingerprint density at radius 1 is 1.22 bits per heavy atom. The standard InChI is InChI=1S/C22H25N3O4S3/c1-24(2)32(27,28)17-11-9-15(10-12-17)21(26)25(14-16-6-5-13-29-16)22-23-20-18(30-3)7-4-8-19(20)31-22/h4,7-12,16H,5-6,13-14H2,1-3H3. The van der Waals surface area contributed by atoms with Gasteiger partial charge in [-0.05, 0) is 55.5 Å². The van der Waals surface area contributed by atoms with Gasteiger partial charge in [-0.3, -0.25) is 9.69 Å².